The summed E-state index contributed by atoms with van der Waals surface area (Å²) in [6.07, 6.45) is -4.76. The predicted molar refractivity (Wildman–Crippen MR) is 39.4 cm³/mol. The Morgan fingerprint density at radius 3 is 2.25 bits per heavy atom. The molecule has 12 heavy (non-hydrogen) atoms. The maximum atomic E-state index is 9.36. The van der Waals surface area contributed by atoms with Gasteiger partial charge in [0.05, 0.1) is 6.10 Å². The van der Waals surface area contributed by atoms with Gasteiger partial charge >= 0.3 is 0 Å². The van der Waals surface area contributed by atoms with Gasteiger partial charge in [0.2, 0.25) is 0 Å². The first-order valence-electron chi connectivity index (χ1n) is 3.80. The Bertz CT molecular complexity index is 151. The highest BCUT2D eigenvalue weighted by Gasteiger charge is 2.41. The monoisotopic (exact) mass is 178 g/mol. The number of rotatable bonds is 1. The second-order valence-electron chi connectivity index (χ2n) is 2.91. The van der Waals surface area contributed by atoms with Crippen molar-refractivity contribution in [3.05, 3.63) is 0 Å². The van der Waals surface area contributed by atoms with Crippen LogP contribution in [0.25, 0.3) is 0 Å². The van der Waals surface area contributed by atoms with Crippen LogP contribution in [0.1, 0.15) is 6.92 Å². The van der Waals surface area contributed by atoms with Crippen LogP contribution in [0.15, 0.2) is 0 Å². The van der Waals surface area contributed by atoms with E-state index in [-0.39, 0.29) is 0 Å². The van der Waals surface area contributed by atoms with Gasteiger partial charge in [0, 0.05) is 7.11 Å². The zero-order valence-electron chi connectivity index (χ0n) is 7.04. The summed E-state index contributed by atoms with van der Waals surface area (Å²) < 4.78 is 9.78. The Hall–Kier alpha value is -0.200. The molecule has 0 radical (unpaired) electrons. The van der Waals surface area contributed by atoms with E-state index >= 15 is 0 Å². The van der Waals surface area contributed by atoms with E-state index in [0.29, 0.717) is 0 Å². The summed E-state index contributed by atoms with van der Waals surface area (Å²) in [5.74, 6) is 0. The Balaban J connectivity index is 2.65. The first-order valence-corrected chi connectivity index (χ1v) is 3.80. The van der Waals surface area contributed by atoms with E-state index in [9.17, 15) is 5.11 Å². The molecule has 5 nitrogen and oxygen atoms in total. The molecule has 0 amide bonds. The Kier molecular flexibility index (Phi) is 3.03. The van der Waals surface area contributed by atoms with Crippen molar-refractivity contribution in [3.63, 3.8) is 0 Å². The number of hydrogen-bond acceptors (Lipinski definition) is 5. The molecule has 1 rings (SSSR count). The summed E-state index contributed by atoms with van der Waals surface area (Å²) in [5.41, 5.74) is 0. The van der Waals surface area contributed by atoms with Crippen molar-refractivity contribution in [2.24, 2.45) is 0 Å². The lowest BCUT2D eigenvalue weighted by molar-refractivity contribution is -0.281. The summed E-state index contributed by atoms with van der Waals surface area (Å²) in [6.45, 7) is 1.66. The molecule has 1 aliphatic heterocycles. The number of ether oxygens (including phenoxy) is 2. The molecule has 72 valence electrons. The molecular formula is C7H14O5. The fraction of sp³-hybridized carbons (Fsp3) is 1.00. The lowest BCUT2D eigenvalue weighted by Gasteiger charge is -2.38. The average molecular weight is 178 g/mol. The quantitative estimate of drug-likeness (QED) is 0.453. The first-order chi connectivity index (χ1) is 5.57. The maximum Gasteiger partial charge on any atom is 0.183 e. The Labute approximate surface area is 70.5 Å². The second kappa shape index (κ2) is 3.68. The van der Waals surface area contributed by atoms with E-state index in [4.69, 9.17) is 19.7 Å². The van der Waals surface area contributed by atoms with E-state index in [1.54, 1.807) is 6.92 Å². The Morgan fingerprint density at radius 1 is 1.17 bits per heavy atom. The van der Waals surface area contributed by atoms with Crippen molar-refractivity contribution in [3.8, 4) is 0 Å². The molecule has 0 aromatic rings. The molecule has 1 unspecified atom stereocenters. The van der Waals surface area contributed by atoms with E-state index in [1.165, 1.54) is 7.11 Å². The smallest absolute Gasteiger partial charge is 0.183 e. The molecule has 0 aliphatic carbocycles. The van der Waals surface area contributed by atoms with Crippen LogP contribution in [-0.2, 0) is 9.47 Å². The third kappa shape index (κ3) is 1.60. The first kappa shape index (κ1) is 9.88. The zero-order chi connectivity index (χ0) is 9.30. The minimum Gasteiger partial charge on any atom is -0.387 e. The fourth-order valence-corrected chi connectivity index (χ4v) is 1.35. The number of methoxy groups -OCH3 is 1. The summed E-state index contributed by atoms with van der Waals surface area (Å²) in [4.78, 5) is 0. The van der Waals surface area contributed by atoms with Gasteiger partial charge in [0.25, 0.3) is 0 Å². The fourth-order valence-electron chi connectivity index (χ4n) is 1.35. The molecule has 1 heterocycles. The highest BCUT2D eigenvalue weighted by Crippen LogP contribution is 2.21. The minimum atomic E-state index is -1.33. The predicted octanol–water partition coefficient (Wildman–Crippen LogP) is -1.54. The van der Waals surface area contributed by atoms with Gasteiger partial charge in [-0.2, -0.15) is 0 Å². The van der Waals surface area contributed by atoms with Crippen LogP contribution in [0.5, 0.6) is 0 Å². The summed E-state index contributed by atoms with van der Waals surface area (Å²) in [6, 6.07) is 0. The van der Waals surface area contributed by atoms with Crippen LogP contribution in [0, 0.1) is 0 Å². The topological polar surface area (TPSA) is 79.2 Å². The lowest BCUT2D eigenvalue weighted by Crippen LogP contribution is -2.57. The normalized spacial score (nSPS) is 49.2. The molecule has 0 bridgehead atoms. The molecule has 1 aliphatic rings. The lowest BCUT2D eigenvalue weighted by atomic mass is 10.00. The third-order valence-corrected chi connectivity index (χ3v) is 2.07. The third-order valence-electron chi connectivity index (χ3n) is 2.07. The zero-order valence-corrected chi connectivity index (χ0v) is 7.04. The van der Waals surface area contributed by atoms with Crippen molar-refractivity contribution in [2.45, 2.75) is 37.6 Å². The molecule has 1 fully saturated rings. The standard InChI is InChI=1S/C7H14O5/c1-3-6(11-2)4(8)5(9)7(10)12-3/h3-10H,1-2H3/t3-,4+,5+,6-,7?/m1/s1. The second-order valence-corrected chi connectivity index (χ2v) is 2.91. The highest BCUT2D eigenvalue weighted by molar-refractivity contribution is 4.87. The summed E-state index contributed by atoms with van der Waals surface area (Å²) >= 11 is 0. The van der Waals surface area contributed by atoms with Crippen molar-refractivity contribution in [1.29, 1.82) is 0 Å². The van der Waals surface area contributed by atoms with Gasteiger partial charge in [-0.1, -0.05) is 0 Å². The highest BCUT2D eigenvalue weighted by atomic mass is 16.6. The van der Waals surface area contributed by atoms with E-state index in [1.807, 2.05) is 0 Å². The molecule has 0 aromatic heterocycles. The molecule has 3 N–H and O–H groups in total. The molecule has 5 heteroatoms. The molecule has 0 aromatic carbocycles. The van der Waals surface area contributed by atoms with Crippen molar-refractivity contribution >= 4 is 0 Å². The average Bonchev–Trinajstić information content (AvgIpc) is 2.01. The Morgan fingerprint density at radius 2 is 1.75 bits per heavy atom. The van der Waals surface area contributed by atoms with Gasteiger partial charge in [0.1, 0.15) is 18.3 Å². The van der Waals surface area contributed by atoms with E-state index in [0.717, 1.165) is 0 Å². The van der Waals surface area contributed by atoms with E-state index in [2.05, 4.69) is 0 Å². The van der Waals surface area contributed by atoms with Crippen LogP contribution < -0.4 is 0 Å². The maximum absolute atomic E-state index is 9.36. The molecular weight excluding hydrogens is 164 g/mol. The molecule has 5 atom stereocenters. The van der Waals surface area contributed by atoms with Gasteiger partial charge in [-0.25, -0.2) is 0 Å². The van der Waals surface area contributed by atoms with Crippen LogP contribution >= 0.6 is 0 Å². The van der Waals surface area contributed by atoms with Crippen LogP contribution in [0.2, 0.25) is 0 Å². The number of aliphatic hydroxyl groups is 3. The van der Waals surface area contributed by atoms with Gasteiger partial charge in [-0.3, -0.25) is 0 Å². The summed E-state index contributed by atoms with van der Waals surface area (Å²) in [7, 11) is 1.41. The van der Waals surface area contributed by atoms with Crippen LogP contribution in [0.4, 0.5) is 0 Å². The largest absolute Gasteiger partial charge is 0.387 e. The number of aliphatic hydroxyl groups excluding tert-OH is 3. The van der Waals surface area contributed by atoms with Gasteiger partial charge < -0.3 is 24.8 Å². The van der Waals surface area contributed by atoms with Gasteiger partial charge in [0.15, 0.2) is 6.29 Å². The van der Waals surface area contributed by atoms with E-state index < -0.39 is 30.7 Å². The number of hydrogen-bond donors (Lipinski definition) is 3. The van der Waals surface area contributed by atoms with Crippen LogP contribution in [-0.4, -0.2) is 53.1 Å². The molecule has 0 saturated carbocycles. The summed E-state index contributed by atoms with van der Waals surface area (Å²) in [5, 5.41) is 27.6. The molecule has 1 saturated heterocycles. The van der Waals surface area contributed by atoms with Gasteiger partial charge in [-0.15, -0.1) is 0 Å². The van der Waals surface area contributed by atoms with Gasteiger partial charge in [-0.05, 0) is 6.92 Å². The molecule has 0 spiro atoms. The minimum absolute atomic E-state index is 0.427. The van der Waals surface area contributed by atoms with Crippen molar-refractivity contribution in [2.75, 3.05) is 7.11 Å². The van der Waals surface area contributed by atoms with Crippen molar-refractivity contribution in [1.82, 2.24) is 0 Å². The van der Waals surface area contributed by atoms with Crippen LogP contribution in [0.3, 0.4) is 0 Å². The SMILES string of the molecule is CO[C@H]1[C@@H](O)[C@H](O)C(O)O[C@@H]1C. The van der Waals surface area contributed by atoms with Crippen molar-refractivity contribution < 1.29 is 24.8 Å².